The van der Waals surface area contributed by atoms with Gasteiger partial charge in [-0.15, -0.1) is 0 Å². The number of para-hydroxylation sites is 1. The Morgan fingerprint density at radius 2 is 0.710 bits per heavy atom. The number of nitrogens with zero attached hydrogens (tertiary/aromatic N) is 2. The van der Waals surface area contributed by atoms with Crippen molar-refractivity contribution >= 4 is 66.8 Å². The predicted molar refractivity (Wildman–Crippen MR) is 292 cm³/mol. The van der Waals surface area contributed by atoms with Crippen LogP contribution >= 0.6 is 0 Å². The van der Waals surface area contributed by atoms with Crippen molar-refractivity contribution in [3.8, 4) is 44.5 Å². The van der Waals surface area contributed by atoms with Gasteiger partial charge in [-0.1, -0.05) is 175 Å². The third-order valence-corrected chi connectivity index (χ3v) is 13.4. The molecule has 328 valence electrons. The summed E-state index contributed by atoms with van der Waals surface area (Å²) in [4.78, 5) is 4.75. The van der Waals surface area contributed by atoms with E-state index >= 15 is 0 Å². The van der Waals surface area contributed by atoms with E-state index in [0.717, 1.165) is 83.9 Å². The summed E-state index contributed by atoms with van der Waals surface area (Å²) in [5.41, 5.74) is 19.8. The fourth-order valence-electron chi connectivity index (χ4n) is 9.77. The van der Waals surface area contributed by atoms with Crippen molar-refractivity contribution in [1.29, 1.82) is 0 Å². The smallest absolute Gasteiger partial charge is 0.136 e. The van der Waals surface area contributed by atoms with Gasteiger partial charge in [-0.2, -0.15) is 0 Å². The lowest BCUT2D eigenvalue weighted by atomic mass is 9.96. The van der Waals surface area contributed by atoms with Crippen molar-refractivity contribution in [3.63, 3.8) is 0 Å². The predicted octanol–water partition coefficient (Wildman–Crippen LogP) is 19.0. The van der Waals surface area contributed by atoms with Crippen molar-refractivity contribution in [2.24, 2.45) is 0 Å². The van der Waals surface area contributed by atoms with Crippen LogP contribution in [0.4, 0.5) is 34.1 Å². The normalized spacial score (nSPS) is 11.3. The highest BCUT2D eigenvalue weighted by Crippen LogP contribution is 2.45. The van der Waals surface area contributed by atoms with Gasteiger partial charge in [-0.3, -0.25) is 0 Å². The molecule has 0 aliphatic rings. The van der Waals surface area contributed by atoms with Crippen LogP contribution in [0.25, 0.3) is 77.2 Å². The quantitative estimate of drug-likeness (QED) is 0.136. The molecular formula is C66H48N2O. The van der Waals surface area contributed by atoms with Gasteiger partial charge in [0.1, 0.15) is 11.2 Å². The molecule has 0 spiro atoms. The van der Waals surface area contributed by atoms with Crippen LogP contribution in [0.5, 0.6) is 0 Å². The lowest BCUT2D eigenvalue weighted by Crippen LogP contribution is -2.13. The first-order valence-corrected chi connectivity index (χ1v) is 23.6. The third-order valence-electron chi connectivity index (χ3n) is 13.4. The van der Waals surface area contributed by atoms with Crippen molar-refractivity contribution in [2.45, 2.75) is 13.8 Å². The summed E-state index contributed by atoms with van der Waals surface area (Å²) in [6.07, 6.45) is 0. The van der Waals surface area contributed by atoms with Crippen molar-refractivity contribution < 1.29 is 4.42 Å². The zero-order valence-corrected chi connectivity index (χ0v) is 38.6. The van der Waals surface area contributed by atoms with Gasteiger partial charge < -0.3 is 14.2 Å². The highest BCUT2D eigenvalue weighted by atomic mass is 16.3. The van der Waals surface area contributed by atoms with Gasteiger partial charge in [-0.05, 0) is 160 Å². The molecule has 0 bridgehead atoms. The first kappa shape index (κ1) is 41.5. The molecule has 0 unspecified atom stereocenters. The van der Waals surface area contributed by atoms with Crippen LogP contribution in [0, 0.1) is 13.8 Å². The fourth-order valence-corrected chi connectivity index (χ4v) is 9.77. The zero-order chi connectivity index (χ0) is 46.3. The molecule has 0 saturated heterocycles. The standard InChI is InChI=1S/C66H48N2O/c1-45-20-32-57(33-21-45)68(58-34-22-46(2)23-35-58)61-42-55(53-16-11-15-52(40-53)54-30-38-63-65(43-54)69-64-39-31-51-14-9-10-19-62(51)66(63)64)41-60(44-61)67(56-17-7-4-8-18-56)59-36-28-50(29-37-59)49-26-24-48(25-27-49)47-12-5-3-6-13-47/h3-44H,1-2H3. The van der Waals surface area contributed by atoms with Gasteiger partial charge in [-0.25, -0.2) is 0 Å². The Morgan fingerprint density at radius 1 is 0.261 bits per heavy atom. The Balaban J connectivity index is 0.999. The van der Waals surface area contributed by atoms with Crippen LogP contribution in [-0.2, 0) is 0 Å². The fraction of sp³-hybridized carbons (Fsp3) is 0.0303. The second kappa shape index (κ2) is 17.7. The minimum absolute atomic E-state index is 0.883. The van der Waals surface area contributed by atoms with E-state index in [1.807, 2.05) is 0 Å². The SMILES string of the molecule is Cc1ccc(N(c2ccc(C)cc2)c2cc(-c3cccc(-c4ccc5c(c4)oc4ccc6ccccc6c45)c3)cc(N(c3ccccc3)c3ccc(-c4ccc(-c5ccccc5)cc4)cc3)c2)cc1. The average molecular weight is 885 g/mol. The molecule has 0 aliphatic carbocycles. The van der Waals surface area contributed by atoms with E-state index in [1.165, 1.54) is 38.6 Å². The van der Waals surface area contributed by atoms with E-state index in [-0.39, 0.29) is 0 Å². The molecule has 1 heterocycles. The molecule has 0 radical (unpaired) electrons. The number of aryl methyl sites for hydroxylation is 2. The Kier molecular flexibility index (Phi) is 10.7. The summed E-state index contributed by atoms with van der Waals surface area (Å²) >= 11 is 0. The van der Waals surface area contributed by atoms with Gasteiger partial charge in [0.05, 0.1) is 0 Å². The van der Waals surface area contributed by atoms with E-state index in [1.54, 1.807) is 0 Å². The molecule has 0 aliphatic heterocycles. The molecule has 11 aromatic carbocycles. The maximum Gasteiger partial charge on any atom is 0.136 e. The number of fused-ring (bicyclic) bond motifs is 5. The third kappa shape index (κ3) is 8.11. The van der Waals surface area contributed by atoms with Crippen LogP contribution in [0.15, 0.2) is 259 Å². The summed E-state index contributed by atoms with van der Waals surface area (Å²) in [6, 6.07) is 92.1. The Morgan fingerprint density at radius 3 is 1.32 bits per heavy atom. The number of hydrogen-bond donors (Lipinski definition) is 0. The largest absolute Gasteiger partial charge is 0.456 e. The lowest BCUT2D eigenvalue weighted by molar-refractivity contribution is 0.669. The average Bonchev–Trinajstić information content (AvgIpc) is 3.80. The molecular weight excluding hydrogens is 837 g/mol. The second-order valence-electron chi connectivity index (χ2n) is 18.0. The van der Waals surface area contributed by atoms with Crippen LogP contribution in [0.2, 0.25) is 0 Å². The molecule has 3 heteroatoms. The highest BCUT2D eigenvalue weighted by Gasteiger charge is 2.20. The van der Waals surface area contributed by atoms with E-state index in [9.17, 15) is 0 Å². The van der Waals surface area contributed by atoms with Crippen LogP contribution < -0.4 is 9.80 Å². The number of benzene rings is 11. The van der Waals surface area contributed by atoms with E-state index in [0.29, 0.717) is 0 Å². The second-order valence-corrected chi connectivity index (χ2v) is 18.0. The minimum atomic E-state index is 0.883. The van der Waals surface area contributed by atoms with E-state index < -0.39 is 0 Å². The topological polar surface area (TPSA) is 19.6 Å². The summed E-state index contributed by atoms with van der Waals surface area (Å²) in [5.74, 6) is 0. The van der Waals surface area contributed by atoms with Crippen LogP contribution in [-0.4, -0.2) is 0 Å². The molecule has 1 aromatic heterocycles. The number of anilines is 6. The van der Waals surface area contributed by atoms with Gasteiger partial charge >= 0.3 is 0 Å². The van der Waals surface area contributed by atoms with Gasteiger partial charge in [0, 0.05) is 44.9 Å². The van der Waals surface area contributed by atoms with Gasteiger partial charge in [0.25, 0.3) is 0 Å². The molecule has 12 rings (SSSR count). The maximum absolute atomic E-state index is 6.55. The number of hydrogen-bond acceptors (Lipinski definition) is 3. The lowest BCUT2D eigenvalue weighted by Gasteiger charge is -2.30. The minimum Gasteiger partial charge on any atom is -0.456 e. The maximum atomic E-state index is 6.55. The Labute approximate surface area is 403 Å². The summed E-state index contributed by atoms with van der Waals surface area (Å²) in [6.45, 7) is 4.28. The van der Waals surface area contributed by atoms with E-state index in [4.69, 9.17) is 4.42 Å². The molecule has 3 nitrogen and oxygen atoms in total. The van der Waals surface area contributed by atoms with Crippen molar-refractivity contribution in [3.05, 3.63) is 266 Å². The van der Waals surface area contributed by atoms with E-state index in [2.05, 4.69) is 278 Å². The molecule has 0 amide bonds. The Hall–Kier alpha value is -8.92. The first-order chi connectivity index (χ1) is 34.0. The summed E-state index contributed by atoms with van der Waals surface area (Å²) in [7, 11) is 0. The van der Waals surface area contributed by atoms with Crippen molar-refractivity contribution in [2.75, 3.05) is 9.80 Å². The first-order valence-electron chi connectivity index (χ1n) is 23.6. The van der Waals surface area contributed by atoms with Crippen LogP contribution in [0.1, 0.15) is 11.1 Å². The number of furan rings is 1. The molecule has 69 heavy (non-hydrogen) atoms. The van der Waals surface area contributed by atoms with Gasteiger partial charge in [0.15, 0.2) is 0 Å². The zero-order valence-electron chi connectivity index (χ0n) is 38.6. The molecule has 0 N–H and O–H groups in total. The molecule has 0 fully saturated rings. The summed E-state index contributed by atoms with van der Waals surface area (Å²) < 4.78 is 6.55. The van der Waals surface area contributed by atoms with Crippen LogP contribution in [0.3, 0.4) is 0 Å². The highest BCUT2D eigenvalue weighted by molar-refractivity contribution is 6.19. The monoisotopic (exact) mass is 884 g/mol. The van der Waals surface area contributed by atoms with Crippen molar-refractivity contribution in [1.82, 2.24) is 0 Å². The van der Waals surface area contributed by atoms with Gasteiger partial charge in [0.2, 0.25) is 0 Å². The molecule has 12 aromatic rings. The Bertz CT molecular complexity index is 3720. The number of rotatable bonds is 10. The molecule has 0 atom stereocenters. The summed E-state index contributed by atoms with van der Waals surface area (Å²) in [5, 5.41) is 4.71. The molecule has 0 saturated carbocycles.